The normalized spacial score (nSPS) is 15.3. The summed E-state index contributed by atoms with van der Waals surface area (Å²) >= 11 is 0. The molecule has 3 aromatic carbocycles. The summed E-state index contributed by atoms with van der Waals surface area (Å²) in [6.45, 7) is 0.800. The largest absolute Gasteiger partial charge is 0.486 e. The minimum absolute atomic E-state index is 0.119. The van der Waals surface area contributed by atoms with Crippen LogP contribution in [0.15, 0.2) is 78.9 Å². The molecule has 1 N–H and O–H groups in total. The summed E-state index contributed by atoms with van der Waals surface area (Å²) in [6.07, 6.45) is -0.210. The SMILES string of the molecule is O=C(NC[C@@H]1COc2ccccc2O1)c1ccccc1-c1ccccc1. The Bertz CT molecular complexity index is 908. The summed E-state index contributed by atoms with van der Waals surface area (Å²) in [4.78, 5) is 12.7. The van der Waals surface area contributed by atoms with Crippen molar-refractivity contribution in [1.82, 2.24) is 5.32 Å². The number of fused-ring (bicyclic) bond motifs is 1. The number of amides is 1. The molecule has 0 aliphatic carbocycles. The summed E-state index contributed by atoms with van der Waals surface area (Å²) in [5.41, 5.74) is 2.58. The van der Waals surface area contributed by atoms with Crippen LogP contribution in [0.1, 0.15) is 10.4 Å². The molecule has 4 heteroatoms. The van der Waals surface area contributed by atoms with Crippen LogP contribution in [0.4, 0.5) is 0 Å². The number of para-hydroxylation sites is 2. The highest BCUT2D eigenvalue weighted by Gasteiger charge is 2.21. The van der Waals surface area contributed by atoms with Crippen LogP contribution < -0.4 is 14.8 Å². The van der Waals surface area contributed by atoms with Crippen LogP contribution in [-0.2, 0) is 0 Å². The molecular weight excluding hydrogens is 326 g/mol. The van der Waals surface area contributed by atoms with Gasteiger partial charge in [-0.3, -0.25) is 4.79 Å². The van der Waals surface area contributed by atoms with Gasteiger partial charge < -0.3 is 14.8 Å². The lowest BCUT2D eigenvalue weighted by Crippen LogP contribution is -2.40. The molecule has 0 bridgehead atoms. The molecule has 0 saturated heterocycles. The van der Waals surface area contributed by atoms with E-state index >= 15 is 0 Å². The number of hydrogen-bond acceptors (Lipinski definition) is 3. The Hall–Kier alpha value is -3.27. The van der Waals surface area contributed by atoms with Gasteiger partial charge in [0.2, 0.25) is 0 Å². The second kappa shape index (κ2) is 7.31. The fraction of sp³-hybridized carbons (Fsp3) is 0.136. The van der Waals surface area contributed by atoms with Crippen molar-refractivity contribution in [3.63, 3.8) is 0 Å². The molecule has 4 nitrogen and oxygen atoms in total. The van der Waals surface area contributed by atoms with Crippen LogP contribution in [0, 0.1) is 0 Å². The minimum Gasteiger partial charge on any atom is -0.486 e. The third-order valence-corrected chi connectivity index (χ3v) is 4.31. The van der Waals surface area contributed by atoms with E-state index in [1.165, 1.54) is 0 Å². The van der Waals surface area contributed by atoms with Gasteiger partial charge in [0.05, 0.1) is 6.54 Å². The Balaban J connectivity index is 1.45. The van der Waals surface area contributed by atoms with Gasteiger partial charge >= 0.3 is 0 Å². The number of carbonyl (C=O) groups is 1. The second-order valence-electron chi connectivity index (χ2n) is 6.12. The van der Waals surface area contributed by atoms with Crippen LogP contribution >= 0.6 is 0 Å². The van der Waals surface area contributed by atoms with E-state index in [0.717, 1.165) is 16.9 Å². The smallest absolute Gasteiger partial charge is 0.252 e. The van der Waals surface area contributed by atoms with Gasteiger partial charge in [0.15, 0.2) is 11.5 Å². The van der Waals surface area contributed by atoms with Gasteiger partial charge in [-0.15, -0.1) is 0 Å². The van der Waals surface area contributed by atoms with Crippen molar-refractivity contribution >= 4 is 5.91 Å². The summed E-state index contributed by atoms with van der Waals surface area (Å²) in [6, 6.07) is 25.1. The van der Waals surface area contributed by atoms with Crippen molar-refractivity contribution < 1.29 is 14.3 Å². The number of ether oxygens (including phenoxy) is 2. The van der Waals surface area contributed by atoms with Crippen LogP contribution in [0.25, 0.3) is 11.1 Å². The predicted molar refractivity (Wildman–Crippen MR) is 101 cm³/mol. The molecule has 0 radical (unpaired) electrons. The van der Waals surface area contributed by atoms with Crippen molar-refractivity contribution in [1.29, 1.82) is 0 Å². The molecule has 1 atom stereocenters. The molecule has 3 aromatic rings. The van der Waals surface area contributed by atoms with Crippen LogP contribution in [0.2, 0.25) is 0 Å². The van der Waals surface area contributed by atoms with E-state index in [2.05, 4.69) is 5.32 Å². The zero-order chi connectivity index (χ0) is 17.8. The van der Waals surface area contributed by atoms with Crippen molar-refractivity contribution in [2.24, 2.45) is 0 Å². The molecule has 1 aliphatic rings. The summed E-state index contributed by atoms with van der Waals surface area (Å²) < 4.78 is 11.6. The van der Waals surface area contributed by atoms with Gasteiger partial charge in [-0.05, 0) is 29.3 Å². The van der Waals surface area contributed by atoms with E-state index in [9.17, 15) is 4.79 Å². The number of carbonyl (C=O) groups excluding carboxylic acids is 1. The maximum absolute atomic E-state index is 12.7. The van der Waals surface area contributed by atoms with E-state index in [1.807, 2.05) is 78.9 Å². The summed E-state index contributed by atoms with van der Waals surface area (Å²) in [5.74, 6) is 1.33. The lowest BCUT2D eigenvalue weighted by molar-refractivity contribution is 0.0789. The predicted octanol–water partition coefficient (Wildman–Crippen LogP) is 3.92. The highest BCUT2D eigenvalue weighted by molar-refractivity contribution is 6.00. The molecule has 0 fully saturated rings. The zero-order valence-corrected chi connectivity index (χ0v) is 14.2. The minimum atomic E-state index is -0.210. The number of rotatable bonds is 4. The molecule has 0 spiro atoms. The first-order valence-electron chi connectivity index (χ1n) is 8.62. The number of hydrogen-bond donors (Lipinski definition) is 1. The molecular formula is C22H19NO3. The van der Waals surface area contributed by atoms with Gasteiger partial charge in [0.1, 0.15) is 12.7 Å². The molecule has 0 saturated carbocycles. The molecule has 130 valence electrons. The second-order valence-corrected chi connectivity index (χ2v) is 6.12. The monoisotopic (exact) mass is 345 g/mol. The molecule has 26 heavy (non-hydrogen) atoms. The molecule has 1 amide bonds. The third-order valence-electron chi connectivity index (χ3n) is 4.31. The van der Waals surface area contributed by atoms with Crippen LogP contribution in [0.5, 0.6) is 11.5 Å². The standard InChI is InChI=1S/C22H19NO3/c24-22(19-11-5-4-10-18(19)16-8-2-1-3-9-16)23-14-17-15-25-20-12-6-7-13-21(20)26-17/h1-13,17H,14-15H2,(H,23,24)/t17-/m1/s1. The lowest BCUT2D eigenvalue weighted by Gasteiger charge is -2.26. The Labute approximate surface area is 152 Å². The van der Waals surface area contributed by atoms with Crippen molar-refractivity contribution in [3.05, 3.63) is 84.4 Å². The molecule has 1 aliphatic heterocycles. The van der Waals surface area contributed by atoms with Gasteiger partial charge in [-0.1, -0.05) is 60.7 Å². The maximum atomic E-state index is 12.7. The molecule has 4 rings (SSSR count). The maximum Gasteiger partial charge on any atom is 0.252 e. The molecule has 0 unspecified atom stereocenters. The van der Waals surface area contributed by atoms with E-state index in [1.54, 1.807) is 0 Å². The van der Waals surface area contributed by atoms with Gasteiger partial charge in [-0.2, -0.15) is 0 Å². The first-order valence-corrected chi connectivity index (χ1v) is 8.62. The molecule has 0 aromatic heterocycles. The Kier molecular flexibility index (Phi) is 4.56. The van der Waals surface area contributed by atoms with E-state index in [4.69, 9.17) is 9.47 Å². The third kappa shape index (κ3) is 3.40. The van der Waals surface area contributed by atoms with Crippen molar-refractivity contribution in [2.45, 2.75) is 6.10 Å². The van der Waals surface area contributed by atoms with E-state index < -0.39 is 0 Å². The highest BCUT2D eigenvalue weighted by atomic mass is 16.6. The zero-order valence-electron chi connectivity index (χ0n) is 14.2. The average molecular weight is 345 g/mol. The quantitative estimate of drug-likeness (QED) is 0.779. The Morgan fingerprint density at radius 2 is 1.58 bits per heavy atom. The first kappa shape index (κ1) is 16.2. The lowest BCUT2D eigenvalue weighted by atomic mass is 9.99. The van der Waals surface area contributed by atoms with Gasteiger partial charge in [0.25, 0.3) is 5.91 Å². The van der Waals surface area contributed by atoms with Crippen LogP contribution in [-0.4, -0.2) is 25.2 Å². The van der Waals surface area contributed by atoms with Gasteiger partial charge in [0, 0.05) is 5.56 Å². The summed E-state index contributed by atoms with van der Waals surface area (Å²) in [5, 5.41) is 2.97. The Morgan fingerprint density at radius 1 is 0.885 bits per heavy atom. The van der Waals surface area contributed by atoms with Crippen LogP contribution in [0.3, 0.4) is 0 Å². The topological polar surface area (TPSA) is 47.6 Å². The first-order chi connectivity index (χ1) is 12.8. The highest BCUT2D eigenvalue weighted by Crippen LogP contribution is 2.30. The number of nitrogens with one attached hydrogen (secondary N) is 1. The fourth-order valence-electron chi connectivity index (χ4n) is 3.02. The molecule has 1 heterocycles. The van der Waals surface area contributed by atoms with Crippen molar-refractivity contribution in [2.75, 3.05) is 13.2 Å². The Morgan fingerprint density at radius 3 is 2.42 bits per heavy atom. The number of benzene rings is 3. The van der Waals surface area contributed by atoms with Crippen molar-refractivity contribution in [3.8, 4) is 22.6 Å². The average Bonchev–Trinajstić information content (AvgIpc) is 2.72. The van der Waals surface area contributed by atoms with E-state index in [0.29, 0.717) is 24.5 Å². The summed E-state index contributed by atoms with van der Waals surface area (Å²) in [7, 11) is 0. The van der Waals surface area contributed by atoms with Gasteiger partial charge in [-0.25, -0.2) is 0 Å². The fourth-order valence-corrected chi connectivity index (χ4v) is 3.02. The van der Waals surface area contributed by atoms with E-state index in [-0.39, 0.29) is 12.0 Å².